The fourth-order valence-corrected chi connectivity index (χ4v) is 4.06. The maximum absolute atomic E-state index is 10.6. The Balaban J connectivity index is 1.65. The van der Waals surface area contributed by atoms with Gasteiger partial charge in [-0.1, -0.05) is 0 Å². The van der Waals surface area contributed by atoms with Crippen molar-refractivity contribution in [2.45, 2.75) is 31.9 Å². The van der Waals surface area contributed by atoms with Crippen molar-refractivity contribution in [2.24, 2.45) is 7.05 Å². The highest BCUT2D eigenvalue weighted by atomic mass is 16.5. The van der Waals surface area contributed by atoms with Crippen molar-refractivity contribution in [3.05, 3.63) is 11.3 Å². The smallest absolute Gasteiger partial charge is 0.216 e. The van der Waals surface area contributed by atoms with Crippen LogP contribution in [0.1, 0.15) is 30.1 Å². The molecule has 0 amide bonds. The summed E-state index contributed by atoms with van der Waals surface area (Å²) in [7, 11) is 3.62. The van der Waals surface area contributed by atoms with E-state index in [2.05, 4.69) is 14.9 Å². The molecule has 1 aromatic rings. The van der Waals surface area contributed by atoms with Crippen LogP contribution in [-0.4, -0.2) is 83.8 Å². The lowest BCUT2D eigenvalue weighted by atomic mass is 10.0. The fraction of sp³-hybridized carbons (Fsp3) is 0.824. The van der Waals surface area contributed by atoms with Crippen molar-refractivity contribution in [3.8, 4) is 5.88 Å². The molecule has 2 aliphatic rings. The van der Waals surface area contributed by atoms with E-state index in [4.69, 9.17) is 9.47 Å². The number of morpholine rings is 1. The van der Waals surface area contributed by atoms with Gasteiger partial charge in [0.15, 0.2) is 0 Å². The number of hydrogen-bond acceptors (Lipinski definition) is 6. The topological polar surface area (TPSA) is 63.0 Å². The van der Waals surface area contributed by atoms with Gasteiger partial charge in [-0.3, -0.25) is 9.80 Å². The Kier molecular flexibility index (Phi) is 5.76. The summed E-state index contributed by atoms with van der Waals surface area (Å²) in [6.07, 6.45) is 1.89. The van der Waals surface area contributed by atoms with Gasteiger partial charge in [-0.25, -0.2) is 4.68 Å². The first-order valence-electron chi connectivity index (χ1n) is 8.90. The lowest BCUT2D eigenvalue weighted by Crippen LogP contribution is -2.44. The van der Waals surface area contributed by atoms with Crippen molar-refractivity contribution in [3.63, 3.8) is 0 Å². The van der Waals surface area contributed by atoms with Gasteiger partial charge in [0.1, 0.15) is 0 Å². The van der Waals surface area contributed by atoms with Gasteiger partial charge in [0.25, 0.3) is 0 Å². The number of likely N-dealkylation sites (tertiary alicyclic amines) is 1. The molecule has 0 spiro atoms. The Bertz CT molecular complexity index is 542. The highest BCUT2D eigenvalue weighted by Crippen LogP contribution is 2.38. The van der Waals surface area contributed by atoms with Crippen LogP contribution in [0.4, 0.5) is 0 Å². The van der Waals surface area contributed by atoms with Crippen LogP contribution in [0.2, 0.25) is 0 Å². The average Bonchev–Trinajstić information content (AvgIpc) is 3.11. The molecule has 3 rings (SSSR count). The quantitative estimate of drug-likeness (QED) is 0.818. The summed E-state index contributed by atoms with van der Waals surface area (Å²) in [6.45, 7) is 7.83. The Morgan fingerprint density at radius 1 is 1.29 bits per heavy atom. The van der Waals surface area contributed by atoms with Crippen molar-refractivity contribution < 1.29 is 14.6 Å². The molecule has 3 heterocycles. The molecule has 7 nitrogen and oxygen atoms in total. The number of nitrogens with zero attached hydrogens (tertiary/aromatic N) is 4. The van der Waals surface area contributed by atoms with E-state index >= 15 is 0 Å². The lowest BCUT2D eigenvalue weighted by Gasteiger charge is -2.32. The Labute approximate surface area is 144 Å². The number of rotatable bonds is 6. The predicted octanol–water partition coefficient (Wildman–Crippen LogP) is 0.567. The van der Waals surface area contributed by atoms with Crippen LogP contribution in [0.15, 0.2) is 0 Å². The molecule has 2 atom stereocenters. The van der Waals surface area contributed by atoms with Gasteiger partial charge in [-0.15, -0.1) is 0 Å². The van der Waals surface area contributed by atoms with E-state index < -0.39 is 0 Å². The van der Waals surface area contributed by atoms with E-state index in [0.717, 1.165) is 63.8 Å². The van der Waals surface area contributed by atoms with E-state index in [1.807, 2.05) is 18.7 Å². The van der Waals surface area contributed by atoms with E-state index in [9.17, 15) is 5.11 Å². The summed E-state index contributed by atoms with van der Waals surface area (Å²) >= 11 is 0. The monoisotopic (exact) mass is 338 g/mol. The molecule has 1 aromatic heterocycles. The van der Waals surface area contributed by atoms with Crippen LogP contribution in [0.5, 0.6) is 5.88 Å². The molecule has 7 heteroatoms. The Morgan fingerprint density at radius 3 is 2.75 bits per heavy atom. The molecular weight excluding hydrogens is 308 g/mol. The molecule has 0 radical (unpaired) electrons. The van der Waals surface area contributed by atoms with Crippen molar-refractivity contribution in [2.75, 3.05) is 53.0 Å². The summed E-state index contributed by atoms with van der Waals surface area (Å²) in [5.41, 5.74) is 2.20. The van der Waals surface area contributed by atoms with Crippen molar-refractivity contribution in [1.29, 1.82) is 0 Å². The minimum absolute atomic E-state index is 0.285. The number of aliphatic hydroxyl groups excluding tert-OH is 1. The fourth-order valence-electron chi connectivity index (χ4n) is 4.06. The molecule has 2 saturated heterocycles. The highest BCUT2D eigenvalue weighted by molar-refractivity contribution is 5.35. The number of ether oxygens (including phenoxy) is 2. The minimum Gasteiger partial charge on any atom is -0.481 e. The van der Waals surface area contributed by atoms with Gasteiger partial charge in [0.2, 0.25) is 5.88 Å². The molecule has 2 fully saturated rings. The van der Waals surface area contributed by atoms with Gasteiger partial charge in [-0.05, 0) is 26.3 Å². The number of hydrogen-bond donors (Lipinski definition) is 1. The molecule has 0 unspecified atom stereocenters. The molecule has 24 heavy (non-hydrogen) atoms. The Morgan fingerprint density at radius 2 is 2.04 bits per heavy atom. The zero-order chi connectivity index (χ0) is 17.1. The standard InChI is InChI=1S/C17H30N4O3/c1-13-16(17(23-3)19(2)18-13)15-5-4-6-21(15)12-14(22)11-20-7-9-24-10-8-20/h14-15,22H,4-12H2,1-3H3/t14-,15-/m0/s1. The molecule has 0 aromatic carbocycles. The molecule has 0 saturated carbocycles. The number of aryl methyl sites for hydroxylation is 2. The summed E-state index contributed by atoms with van der Waals surface area (Å²) in [4.78, 5) is 4.67. The van der Waals surface area contributed by atoms with Gasteiger partial charge in [-0.2, -0.15) is 5.10 Å². The third-order valence-electron chi connectivity index (χ3n) is 5.12. The van der Waals surface area contributed by atoms with Crippen LogP contribution in [0, 0.1) is 6.92 Å². The van der Waals surface area contributed by atoms with Crippen LogP contribution in [0.25, 0.3) is 0 Å². The van der Waals surface area contributed by atoms with Crippen LogP contribution in [-0.2, 0) is 11.8 Å². The van der Waals surface area contributed by atoms with Gasteiger partial charge < -0.3 is 14.6 Å². The normalized spacial score (nSPS) is 24.4. The minimum atomic E-state index is -0.341. The summed E-state index contributed by atoms with van der Waals surface area (Å²) in [5, 5.41) is 15.1. The Hall–Kier alpha value is -1.15. The molecule has 2 aliphatic heterocycles. The van der Waals surface area contributed by atoms with Gasteiger partial charge >= 0.3 is 0 Å². The van der Waals surface area contributed by atoms with Crippen LogP contribution >= 0.6 is 0 Å². The lowest BCUT2D eigenvalue weighted by molar-refractivity contribution is 0.00576. The molecule has 0 aliphatic carbocycles. The van der Waals surface area contributed by atoms with E-state index in [1.54, 1.807) is 7.11 Å². The van der Waals surface area contributed by atoms with Crippen molar-refractivity contribution >= 4 is 0 Å². The third kappa shape index (κ3) is 3.74. The summed E-state index contributed by atoms with van der Waals surface area (Å²) in [5.74, 6) is 0.840. The van der Waals surface area contributed by atoms with E-state index in [-0.39, 0.29) is 12.1 Å². The molecule has 0 bridgehead atoms. The highest BCUT2D eigenvalue weighted by Gasteiger charge is 2.33. The van der Waals surface area contributed by atoms with Crippen LogP contribution in [0.3, 0.4) is 0 Å². The predicted molar refractivity (Wildman–Crippen MR) is 91.3 cm³/mol. The first-order chi connectivity index (χ1) is 11.6. The first kappa shape index (κ1) is 17.7. The van der Waals surface area contributed by atoms with Gasteiger partial charge in [0, 0.05) is 39.3 Å². The second-order valence-electron chi connectivity index (χ2n) is 6.85. The molecule has 1 N–H and O–H groups in total. The van der Waals surface area contributed by atoms with Gasteiger partial charge in [0.05, 0.1) is 37.7 Å². The number of aliphatic hydroxyl groups is 1. The SMILES string of the molecule is COc1c([C@@H]2CCCN2C[C@@H](O)CN2CCOCC2)c(C)nn1C. The van der Waals surface area contributed by atoms with E-state index in [1.165, 1.54) is 5.56 Å². The second kappa shape index (κ2) is 7.82. The largest absolute Gasteiger partial charge is 0.481 e. The zero-order valence-corrected chi connectivity index (χ0v) is 15.1. The van der Waals surface area contributed by atoms with E-state index in [0.29, 0.717) is 6.54 Å². The number of methoxy groups -OCH3 is 1. The second-order valence-corrected chi connectivity index (χ2v) is 6.85. The van der Waals surface area contributed by atoms with Crippen molar-refractivity contribution in [1.82, 2.24) is 19.6 Å². The maximum atomic E-state index is 10.6. The number of β-amino-alcohol motifs (C(OH)–C–C–N with tert-alkyl or cyclic N) is 1. The number of aromatic nitrogens is 2. The third-order valence-corrected chi connectivity index (χ3v) is 5.12. The summed E-state index contributed by atoms with van der Waals surface area (Å²) < 4.78 is 12.8. The summed E-state index contributed by atoms with van der Waals surface area (Å²) in [6, 6.07) is 0.285. The maximum Gasteiger partial charge on any atom is 0.216 e. The molecule has 136 valence electrons. The zero-order valence-electron chi connectivity index (χ0n) is 15.1. The first-order valence-corrected chi connectivity index (χ1v) is 8.90. The van der Waals surface area contributed by atoms with Crippen LogP contribution < -0.4 is 4.74 Å². The molecular formula is C17H30N4O3. The average molecular weight is 338 g/mol.